The fraction of sp³-hybridized carbons (Fsp3) is 0.111. The van der Waals surface area contributed by atoms with Gasteiger partial charge in [-0.3, -0.25) is 0 Å². The molecular formula is C18H14Cl2N2O2. The molecule has 1 heterocycles. The molecule has 0 unspecified atom stereocenters. The number of nitrogens with zero attached hydrogens (tertiary/aromatic N) is 2. The normalized spacial score (nSPS) is 11.2. The van der Waals surface area contributed by atoms with Crippen LogP contribution in [0.4, 0.5) is 0 Å². The summed E-state index contributed by atoms with van der Waals surface area (Å²) in [5.74, 6) is 1.67. The van der Waals surface area contributed by atoms with Crippen LogP contribution in [0.5, 0.6) is 11.5 Å². The van der Waals surface area contributed by atoms with E-state index in [9.17, 15) is 0 Å². The van der Waals surface area contributed by atoms with Crippen LogP contribution in [-0.4, -0.2) is 24.2 Å². The van der Waals surface area contributed by atoms with Gasteiger partial charge in [-0.1, -0.05) is 41.4 Å². The minimum atomic E-state index is 0.353. The SMILES string of the molecule is COc1cc2nc(/C=C/c3cccc(Cl)c3)nc(Cl)c2cc1OC. The maximum absolute atomic E-state index is 6.29. The van der Waals surface area contributed by atoms with E-state index in [1.807, 2.05) is 30.3 Å². The average Bonchev–Trinajstić information content (AvgIpc) is 2.59. The monoisotopic (exact) mass is 360 g/mol. The van der Waals surface area contributed by atoms with Gasteiger partial charge in [-0.15, -0.1) is 0 Å². The Hall–Kier alpha value is -2.30. The summed E-state index contributed by atoms with van der Waals surface area (Å²) in [6, 6.07) is 11.0. The molecule has 6 heteroatoms. The number of benzene rings is 2. The minimum Gasteiger partial charge on any atom is -0.493 e. The lowest BCUT2D eigenvalue weighted by Crippen LogP contribution is -1.95. The molecule has 0 amide bonds. The van der Waals surface area contributed by atoms with Gasteiger partial charge >= 0.3 is 0 Å². The molecule has 0 saturated carbocycles. The van der Waals surface area contributed by atoms with Gasteiger partial charge in [0.15, 0.2) is 17.3 Å². The molecule has 122 valence electrons. The van der Waals surface area contributed by atoms with E-state index in [1.165, 1.54) is 0 Å². The Kier molecular flexibility index (Phi) is 4.88. The molecule has 0 aliphatic carbocycles. The number of halogens is 2. The quantitative estimate of drug-likeness (QED) is 0.605. The van der Waals surface area contributed by atoms with Crippen molar-refractivity contribution in [2.75, 3.05) is 14.2 Å². The van der Waals surface area contributed by atoms with Gasteiger partial charge < -0.3 is 9.47 Å². The van der Waals surface area contributed by atoms with Crippen LogP contribution >= 0.6 is 23.2 Å². The molecule has 2 aromatic carbocycles. The first-order valence-corrected chi connectivity index (χ1v) is 7.89. The number of fused-ring (bicyclic) bond motifs is 1. The predicted molar refractivity (Wildman–Crippen MR) is 98.0 cm³/mol. The van der Waals surface area contributed by atoms with Gasteiger partial charge in [0, 0.05) is 16.5 Å². The van der Waals surface area contributed by atoms with Crippen molar-refractivity contribution in [3.05, 3.63) is 58.0 Å². The zero-order chi connectivity index (χ0) is 17.1. The molecule has 0 radical (unpaired) electrons. The van der Waals surface area contributed by atoms with E-state index in [2.05, 4.69) is 9.97 Å². The molecule has 0 atom stereocenters. The third kappa shape index (κ3) is 3.45. The van der Waals surface area contributed by atoms with E-state index in [4.69, 9.17) is 32.7 Å². The van der Waals surface area contributed by atoms with Crippen molar-refractivity contribution in [3.8, 4) is 11.5 Å². The second kappa shape index (κ2) is 7.07. The number of hydrogen-bond donors (Lipinski definition) is 0. The Labute approximate surface area is 149 Å². The maximum atomic E-state index is 6.29. The first kappa shape index (κ1) is 16.6. The molecule has 1 aromatic heterocycles. The Morgan fingerprint density at radius 3 is 2.38 bits per heavy atom. The summed E-state index contributed by atoms with van der Waals surface area (Å²) in [5, 5.41) is 1.73. The van der Waals surface area contributed by atoms with Gasteiger partial charge in [-0.05, 0) is 29.8 Å². The van der Waals surface area contributed by atoms with Crippen molar-refractivity contribution in [2.45, 2.75) is 0 Å². The number of hydrogen-bond acceptors (Lipinski definition) is 4. The summed E-state index contributed by atoms with van der Waals surface area (Å²) in [5.41, 5.74) is 1.63. The van der Waals surface area contributed by atoms with Crippen molar-refractivity contribution in [2.24, 2.45) is 0 Å². The van der Waals surface area contributed by atoms with E-state index in [-0.39, 0.29) is 0 Å². The predicted octanol–water partition coefficient (Wildman–Crippen LogP) is 5.12. The van der Waals surface area contributed by atoms with E-state index in [0.29, 0.717) is 38.4 Å². The Balaban J connectivity index is 2.03. The van der Waals surface area contributed by atoms with Crippen LogP contribution in [0.2, 0.25) is 10.2 Å². The number of methoxy groups -OCH3 is 2. The minimum absolute atomic E-state index is 0.353. The molecule has 0 saturated heterocycles. The van der Waals surface area contributed by atoms with Crippen LogP contribution in [0.1, 0.15) is 11.4 Å². The van der Waals surface area contributed by atoms with Crippen molar-refractivity contribution in [1.29, 1.82) is 0 Å². The summed E-state index contributed by atoms with van der Waals surface area (Å²) >= 11 is 12.3. The third-order valence-electron chi connectivity index (χ3n) is 3.45. The molecule has 0 N–H and O–H groups in total. The molecule has 0 fully saturated rings. The third-order valence-corrected chi connectivity index (χ3v) is 3.97. The largest absolute Gasteiger partial charge is 0.493 e. The summed E-state index contributed by atoms with van der Waals surface area (Å²) in [6.07, 6.45) is 3.66. The van der Waals surface area contributed by atoms with E-state index >= 15 is 0 Å². The van der Waals surface area contributed by atoms with Crippen LogP contribution < -0.4 is 9.47 Å². The second-order valence-corrected chi connectivity index (χ2v) is 5.78. The number of ether oxygens (including phenoxy) is 2. The summed E-state index contributed by atoms with van der Waals surface area (Å²) < 4.78 is 10.6. The van der Waals surface area contributed by atoms with Crippen molar-refractivity contribution in [3.63, 3.8) is 0 Å². The molecule has 0 aliphatic heterocycles. The van der Waals surface area contributed by atoms with Crippen LogP contribution in [0.15, 0.2) is 36.4 Å². The molecule has 3 aromatic rings. The van der Waals surface area contributed by atoms with Crippen LogP contribution in [-0.2, 0) is 0 Å². The fourth-order valence-electron chi connectivity index (χ4n) is 2.29. The lowest BCUT2D eigenvalue weighted by atomic mass is 10.2. The molecule has 3 rings (SSSR count). The average molecular weight is 361 g/mol. The van der Waals surface area contributed by atoms with Crippen LogP contribution in [0.25, 0.3) is 23.1 Å². The highest BCUT2D eigenvalue weighted by molar-refractivity contribution is 6.34. The summed E-state index contributed by atoms with van der Waals surface area (Å²) in [4.78, 5) is 8.81. The Bertz CT molecular complexity index is 926. The molecular weight excluding hydrogens is 347 g/mol. The highest BCUT2D eigenvalue weighted by Gasteiger charge is 2.11. The topological polar surface area (TPSA) is 44.2 Å². The molecule has 24 heavy (non-hydrogen) atoms. The van der Waals surface area contributed by atoms with Gasteiger partial charge in [0.1, 0.15) is 5.15 Å². The van der Waals surface area contributed by atoms with Crippen molar-refractivity contribution in [1.82, 2.24) is 9.97 Å². The van der Waals surface area contributed by atoms with E-state index < -0.39 is 0 Å². The van der Waals surface area contributed by atoms with Gasteiger partial charge in [0.2, 0.25) is 0 Å². The fourth-order valence-corrected chi connectivity index (χ4v) is 2.73. The zero-order valence-corrected chi connectivity index (χ0v) is 14.6. The zero-order valence-electron chi connectivity index (χ0n) is 13.1. The Morgan fingerprint density at radius 1 is 0.917 bits per heavy atom. The highest BCUT2D eigenvalue weighted by atomic mass is 35.5. The maximum Gasteiger partial charge on any atom is 0.162 e. The lowest BCUT2D eigenvalue weighted by Gasteiger charge is -2.09. The lowest BCUT2D eigenvalue weighted by molar-refractivity contribution is 0.356. The smallest absolute Gasteiger partial charge is 0.162 e. The van der Waals surface area contributed by atoms with Gasteiger partial charge in [-0.25, -0.2) is 9.97 Å². The highest BCUT2D eigenvalue weighted by Crippen LogP contribution is 2.33. The van der Waals surface area contributed by atoms with Crippen LogP contribution in [0.3, 0.4) is 0 Å². The van der Waals surface area contributed by atoms with Gasteiger partial charge in [-0.2, -0.15) is 0 Å². The van der Waals surface area contributed by atoms with E-state index in [0.717, 1.165) is 5.56 Å². The summed E-state index contributed by atoms with van der Waals surface area (Å²) in [6.45, 7) is 0. The van der Waals surface area contributed by atoms with Crippen molar-refractivity contribution >= 4 is 46.3 Å². The van der Waals surface area contributed by atoms with Crippen LogP contribution in [0, 0.1) is 0 Å². The standard InChI is InChI=1S/C18H14Cl2N2O2/c1-23-15-9-13-14(10-16(15)24-2)21-17(22-18(13)20)7-6-11-4-3-5-12(19)8-11/h3-10H,1-2H3/b7-6+. The Morgan fingerprint density at radius 2 is 1.67 bits per heavy atom. The van der Waals surface area contributed by atoms with Gasteiger partial charge in [0.05, 0.1) is 19.7 Å². The summed E-state index contributed by atoms with van der Waals surface area (Å²) in [7, 11) is 3.15. The molecule has 4 nitrogen and oxygen atoms in total. The van der Waals surface area contributed by atoms with E-state index in [1.54, 1.807) is 32.4 Å². The first-order chi connectivity index (χ1) is 11.6. The van der Waals surface area contributed by atoms with Crippen molar-refractivity contribution < 1.29 is 9.47 Å². The molecule has 0 aliphatic rings. The van der Waals surface area contributed by atoms with Gasteiger partial charge in [0.25, 0.3) is 0 Å². The number of aromatic nitrogens is 2. The second-order valence-electron chi connectivity index (χ2n) is 4.99. The number of rotatable bonds is 4. The molecule has 0 bridgehead atoms. The molecule has 0 spiro atoms. The first-order valence-electron chi connectivity index (χ1n) is 7.13.